The average Bonchev–Trinajstić information content (AvgIpc) is 2.57. The molecule has 13 heavy (non-hydrogen) atoms. The van der Waals surface area contributed by atoms with Gasteiger partial charge < -0.3 is 4.90 Å². The van der Waals surface area contributed by atoms with E-state index in [1.807, 2.05) is 0 Å². The highest BCUT2D eigenvalue weighted by molar-refractivity contribution is 4.90. The van der Waals surface area contributed by atoms with E-state index in [0.29, 0.717) is 0 Å². The van der Waals surface area contributed by atoms with E-state index in [2.05, 4.69) is 10.8 Å². The molecule has 0 aromatic carbocycles. The van der Waals surface area contributed by atoms with Gasteiger partial charge in [0, 0.05) is 26.1 Å². The fraction of sp³-hybridized carbons (Fsp3) is 0.833. The van der Waals surface area contributed by atoms with Gasteiger partial charge >= 0.3 is 0 Å². The molecule has 0 radical (unpaired) electrons. The summed E-state index contributed by atoms with van der Waals surface area (Å²) in [5, 5.41) is 0. The Morgan fingerprint density at radius 2 is 1.77 bits per heavy atom. The molecular formula is C12H19N. The van der Waals surface area contributed by atoms with Crippen molar-refractivity contribution >= 4 is 0 Å². The van der Waals surface area contributed by atoms with Gasteiger partial charge in [0.05, 0.1) is 0 Å². The summed E-state index contributed by atoms with van der Waals surface area (Å²) >= 11 is 0. The van der Waals surface area contributed by atoms with Gasteiger partial charge in [0.1, 0.15) is 0 Å². The zero-order chi connectivity index (χ0) is 9.10. The zero-order valence-corrected chi connectivity index (χ0v) is 8.34. The molecule has 0 spiro atoms. The SMILES string of the molecule is C#CCCN1CC2CCCCC2C1. The molecule has 72 valence electrons. The van der Waals surface area contributed by atoms with E-state index >= 15 is 0 Å². The van der Waals surface area contributed by atoms with Crippen LogP contribution in [0.1, 0.15) is 32.1 Å². The number of terminal acetylenes is 1. The van der Waals surface area contributed by atoms with Crippen molar-refractivity contribution in [1.29, 1.82) is 0 Å². The highest BCUT2D eigenvalue weighted by Gasteiger charge is 2.33. The summed E-state index contributed by atoms with van der Waals surface area (Å²) in [4.78, 5) is 2.57. The van der Waals surface area contributed by atoms with Crippen LogP contribution in [-0.4, -0.2) is 24.5 Å². The Hall–Kier alpha value is -0.480. The van der Waals surface area contributed by atoms with Crippen molar-refractivity contribution in [3.05, 3.63) is 0 Å². The van der Waals surface area contributed by atoms with Crippen LogP contribution >= 0.6 is 0 Å². The molecule has 1 aliphatic carbocycles. The maximum atomic E-state index is 5.28. The Bertz CT molecular complexity index is 190. The van der Waals surface area contributed by atoms with Gasteiger partial charge in [0.25, 0.3) is 0 Å². The largest absolute Gasteiger partial charge is 0.302 e. The molecule has 1 nitrogen and oxygen atoms in total. The topological polar surface area (TPSA) is 3.24 Å². The van der Waals surface area contributed by atoms with Crippen LogP contribution in [0.3, 0.4) is 0 Å². The summed E-state index contributed by atoms with van der Waals surface area (Å²) in [5.74, 6) is 4.75. The Morgan fingerprint density at radius 1 is 1.15 bits per heavy atom. The predicted molar refractivity (Wildman–Crippen MR) is 55.3 cm³/mol. The molecule has 1 saturated carbocycles. The Balaban J connectivity index is 1.81. The van der Waals surface area contributed by atoms with Crippen LogP contribution in [0.25, 0.3) is 0 Å². The van der Waals surface area contributed by atoms with Crippen LogP contribution in [0.15, 0.2) is 0 Å². The summed E-state index contributed by atoms with van der Waals surface area (Å²) in [5.41, 5.74) is 0. The van der Waals surface area contributed by atoms with E-state index in [1.165, 1.54) is 38.8 Å². The average molecular weight is 177 g/mol. The first-order valence-corrected chi connectivity index (χ1v) is 5.56. The number of fused-ring (bicyclic) bond motifs is 1. The highest BCUT2D eigenvalue weighted by atomic mass is 15.1. The van der Waals surface area contributed by atoms with Gasteiger partial charge in [-0.1, -0.05) is 12.8 Å². The van der Waals surface area contributed by atoms with E-state index in [9.17, 15) is 0 Å². The Labute approximate surface area is 81.5 Å². The molecule has 0 aromatic rings. The van der Waals surface area contributed by atoms with Crippen molar-refractivity contribution in [2.75, 3.05) is 19.6 Å². The number of likely N-dealkylation sites (tertiary alicyclic amines) is 1. The molecule has 0 aromatic heterocycles. The van der Waals surface area contributed by atoms with Crippen LogP contribution in [0.5, 0.6) is 0 Å². The van der Waals surface area contributed by atoms with Crippen molar-refractivity contribution in [2.24, 2.45) is 11.8 Å². The van der Waals surface area contributed by atoms with E-state index in [4.69, 9.17) is 6.42 Å². The standard InChI is InChI=1S/C12H19N/c1-2-3-8-13-9-11-6-4-5-7-12(11)10-13/h1,11-12H,3-10H2. The lowest BCUT2D eigenvalue weighted by atomic mass is 9.82. The summed E-state index contributed by atoms with van der Waals surface area (Å²) < 4.78 is 0. The van der Waals surface area contributed by atoms with E-state index < -0.39 is 0 Å². The van der Waals surface area contributed by atoms with Gasteiger partial charge in [-0.25, -0.2) is 0 Å². The summed E-state index contributed by atoms with van der Waals surface area (Å²) in [6.07, 6.45) is 12.1. The van der Waals surface area contributed by atoms with Crippen LogP contribution in [-0.2, 0) is 0 Å². The molecule has 1 heterocycles. The lowest BCUT2D eigenvalue weighted by molar-refractivity contribution is 0.299. The minimum Gasteiger partial charge on any atom is -0.302 e. The van der Waals surface area contributed by atoms with Crippen LogP contribution in [0, 0.1) is 24.2 Å². The summed E-state index contributed by atoms with van der Waals surface area (Å²) in [6, 6.07) is 0. The molecule has 2 atom stereocenters. The molecule has 2 fully saturated rings. The third-order valence-electron chi connectivity index (χ3n) is 3.62. The van der Waals surface area contributed by atoms with Gasteiger partial charge in [0.2, 0.25) is 0 Å². The molecule has 1 heteroatoms. The third kappa shape index (κ3) is 2.06. The van der Waals surface area contributed by atoms with E-state index in [1.54, 1.807) is 0 Å². The fourth-order valence-corrected chi connectivity index (χ4v) is 2.91. The molecule has 0 amide bonds. The summed E-state index contributed by atoms with van der Waals surface area (Å²) in [6.45, 7) is 3.78. The fourth-order valence-electron chi connectivity index (χ4n) is 2.91. The number of hydrogen-bond acceptors (Lipinski definition) is 1. The molecular weight excluding hydrogens is 158 g/mol. The number of hydrogen-bond donors (Lipinski definition) is 0. The monoisotopic (exact) mass is 177 g/mol. The summed E-state index contributed by atoms with van der Waals surface area (Å²) in [7, 11) is 0. The van der Waals surface area contributed by atoms with Gasteiger partial charge in [-0.2, -0.15) is 0 Å². The van der Waals surface area contributed by atoms with Gasteiger partial charge in [-0.3, -0.25) is 0 Å². The third-order valence-corrected chi connectivity index (χ3v) is 3.62. The van der Waals surface area contributed by atoms with E-state index in [-0.39, 0.29) is 0 Å². The minimum absolute atomic E-state index is 0.930. The van der Waals surface area contributed by atoms with Crippen molar-refractivity contribution in [3.63, 3.8) is 0 Å². The lowest BCUT2D eigenvalue weighted by Gasteiger charge is -2.23. The normalized spacial score (nSPS) is 34.1. The molecule has 2 unspecified atom stereocenters. The smallest absolute Gasteiger partial charge is 0.0214 e. The van der Waals surface area contributed by atoms with Gasteiger partial charge in [0.15, 0.2) is 0 Å². The quantitative estimate of drug-likeness (QED) is 0.584. The molecule has 2 rings (SSSR count). The minimum atomic E-state index is 0.930. The maximum Gasteiger partial charge on any atom is 0.0214 e. The predicted octanol–water partition coefficient (Wildman–Crippen LogP) is 2.13. The second-order valence-electron chi connectivity index (χ2n) is 4.52. The van der Waals surface area contributed by atoms with Crippen molar-refractivity contribution in [2.45, 2.75) is 32.1 Å². The first kappa shape index (κ1) is 9.09. The van der Waals surface area contributed by atoms with Crippen molar-refractivity contribution in [3.8, 4) is 12.3 Å². The lowest BCUT2D eigenvalue weighted by Crippen LogP contribution is -2.21. The molecule has 2 aliphatic rings. The number of rotatable bonds is 2. The molecule has 1 saturated heterocycles. The van der Waals surface area contributed by atoms with Crippen LogP contribution in [0.2, 0.25) is 0 Å². The first-order chi connectivity index (χ1) is 6.40. The van der Waals surface area contributed by atoms with Gasteiger partial charge in [-0.05, 0) is 24.7 Å². The molecule has 0 N–H and O–H groups in total. The molecule has 1 aliphatic heterocycles. The number of nitrogens with zero attached hydrogens (tertiary/aromatic N) is 1. The first-order valence-electron chi connectivity index (χ1n) is 5.56. The molecule has 0 bridgehead atoms. The second-order valence-corrected chi connectivity index (χ2v) is 4.52. The maximum absolute atomic E-state index is 5.28. The van der Waals surface area contributed by atoms with Crippen molar-refractivity contribution < 1.29 is 0 Å². The van der Waals surface area contributed by atoms with Crippen LogP contribution in [0.4, 0.5) is 0 Å². The van der Waals surface area contributed by atoms with Crippen molar-refractivity contribution in [1.82, 2.24) is 4.90 Å². The highest BCUT2D eigenvalue weighted by Crippen LogP contribution is 2.35. The Morgan fingerprint density at radius 3 is 2.31 bits per heavy atom. The zero-order valence-electron chi connectivity index (χ0n) is 8.34. The van der Waals surface area contributed by atoms with E-state index in [0.717, 1.165) is 24.8 Å². The van der Waals surface area contributed by atoms with Gasteiger partial charge in [-0.15, -0.1) is 12.3 Å². The second kappa shape index (κ2) is 4.15. The Kier molecular flexibility index (Phi) is 2.90. The van der Waals surface area contributed by atoms with Crippen LogP contribution < -0.4 is 0 Å².